The molecule has 0 radical (unpaired) electrons. The van der Waals surface area contributed by atoms with Crippen LogP contribution in [0.5, 0.6) is 0 Å². The SMILES string of the molecule is C=CNCc1cc(C)cnc1CNC(=C)/C=C\C(=C)C(C)CCC. The molecule has 0 saturated heterocycles. The Morgan fingerprint density at radius 1 is 1.29 bits per heavy atom. The quantitative estimate of drug-likeness (QED) is 0.575. The van der Waals surface area contributed by atoms with E-state index in [-0.39, 0.29) is 0 Å². The minimum Gasteiger partial charge on any atom is -0.387 e. The van der Waals surface area contributed by atoms with Crippen molar-refractivity contribution in [2.24, 2.45) is 5.92 Å². The molecule has 0 amide bonds. The van der Waals surface area contributed by atoms with Crippen LogP contribution in [0.25, 0.3) is 0 Å². The van der Waals surface area contributed by atoms with Gasteiger partial charge in [-0.2, -0.15) is 0 Å². The van der Waals surface area contributed by atoms with Crippen molar-refractivity contribution in [3.05, 3.63) is 78.4 Å². The van der Waals surface area contributed by atoms with Crippen molar-refractivity contribution < 1.29 is 0 Å². The molecule has 0 spiro atoms. The minimum absolute atomic E-state index is 0.509. The fourth-order valence-corrected chi connectivity index (χ4v) is 2.40. The lowest BCUT2D eigenvalue weighted by Crippen LogP contribution is -2.16. The third kappa shape index (κ3) is 6.86. The first-order valence-electron chi connectivity index (χ1n) is 8.56. The summed E-state index contributed by atoms with van der Waals surface area (Å²) in [5, 5.41) is 6.46. The Morgan fingerprint density at radius 2 is 2.04 bits per heavy atom. The first-order chi connectivity index (χ1) is 11.5. The molecule has 3 heteroatoms. The molecule has 0 aromatic carbocycles. The average Bonchev–Trinajstić information content (AvgIpc) is 2.57. The molecular formula is C21H31N3. The standard InChI is InChI=1S/C21H31N3/c1-7-9-17(4)18(5)10-11-19(6)23-15-21-20(14-22-8-2)12-16(3)13-24-21/h8,10-13,17,22-23H,2,5-7,9,14-15H2,1,3-4H3/b11-10-. The number of rotatable bonds is 11. The molecule has 0 fully saturated rings. The van der Waals surface area contributed by atoms with Gasteiger partial charge in [0.05, 0.1) is 12.2 Å². The van der Waals surface area contributed by atoms with Crippen molar-refractivity contribution in [3.8, 4) is 0 Å². The maximum atomic E-state index is 4.53. The fraction of sp³-hybridized carbons (Fsp3) is 0.381. The van der Waals surface area contributed by atoms with Gasteiger partial charge >= 0.3 is 0 Å². The second-order valence-corrected chi connectivity index (χ2v) is 6.18. The predicted molar refractivity (Wildman–Crippen MR) is 104 cm³/mol. The van der Waals surface area contributed by atoms with Crippen LogP contribution < -0.4 is 10.6 Å². The van der Waals surface area contributed by atoms with E-state index >= 15 is 0 Å². The highest BCUT2D eigenvalue weighted by Gasteiger charge is 2.05. The van der Waals surface area contributed by atoms with Crippen LogP contribution in [0.4, 0.5) is 0 Å². The van der Waals surface area contributed by atoms with Crippen LogP contribution in [0, 0.1) is 12.8 Å². The third-order valence-electron chi connectivity index (χ3n) is 3.97. The molecule has 1 atom stereocenters. The molecule has 0 aliphatic heterocycles. The summed E-state index contributed by atoms with van der Waals surface area (Å²) in [7, 11) is 0. The first-order valence-corrected chi connectivity index (χ1v) is 8.56. The smallest absolute Gasteiger partial charge is 0.0644 e. The summed E-state index contributed by atoms with van der Waals surface area (Å²) in [5.74, 6) is 0.509. The lowest BCUT2D eigenvalue weighted by atomic mass is 9.97. The van der Waals surface area contributed by atoms with Gasteiger partial charge in [-0.3, -0.25) is 4.98 Å². The third-order valence-corrected chi connectivity index (χ3v) is 3.97. The monoisotopic (exact) mass is 325 g/mol. The molecule has 1 aromatic heterocycles. The zero-order valence-corrected chi connectivity index (χ0v) is 15.4. The Hall–Kier alpha value is -2.29. The number of nitrogens with zero attached hydrogens (tertiary/aromatic N) is 1. The van der Waals surface area contributed by atoms with E-state index in [1.807, 2.05) is 19.2 Å². The van der Waals surface area contributed by atoms with Crippen molar-refractivity contribution in [3.63, 3.8) is 0 Å². The average molecular weight is 326 g/mol. The Labute approximate surface area is 147 Å². The largest absolute Gasteiger partial charge is 0.387 e. The summed E-state index contributed by atoms with van der Waals surface area (Å²) < 4.78 is 0. The number of hydrogen-bond donors (Lipinski definition) is 2. The molecule has 1 aromatic rings. The van der Waals surface area contributed by atoms with E-state index in [1.54, 1.807) is 6.20 Å². The van der Waals surface area contributed by atoms with Gasteiger partial charge in [0.2, 0.25) is 0 Å². The maximum Gasteiger partial charge on any atom is 0.0644 e. The highest BCUT2D eigenvalue weighted by molar-refractivity contribution is 5.27. The van der Waals surface area contributed by atoms with E-state index in [1.165, 1.54) is 12.0 Å². The van der Waals surface area contributed by atoms with Crippen molar-refractivity contribution in [2.75, 3.05) is 0 Å². The molecule has 130 valence electrons. The van der Waals surface area contributed by atoms with Gasteiger partial charge in [-0.25, -0.2) is 0 Å². The van der Waals surface area contributed by atoms with Crippen LogP contribution in [-0.4, -0.2) is 4.98 Å². The van der Waals surface area contributed by atoms with E-state index in [4.69, 9.17) is 0 Å². The van der Waals surface area contributed by atoms with Gasteiger partial charge < -0.3 is 10.6 Å². The molecule has 1 heterocycles. The van der Waals surface area contributed by atoms with Crippen molar-refractivity contribution in [1.82, 2.24) is 15.6 Å². The van der Waals surface area contributed by atoms with Gasteiger partial charge in [0.1, 0.15) is 0 Å². The maximum absolute atomic E-state index is 4.53. The summed E-state index contributed by atoms with van der Waals surface area (Å²) in [6.45, 7) is 19.7. The van der Waals surface area contributed by atoms with E-state index in [0.717, 1.165) is 35.5 Å². The highest BCUT2D eigenvalue weighted by Crippen LogP contribution is 2.16. The van der Waals surface area contributed by atoms with Crippen LogP contribution in [0.1, 0.15) is 43.5 Å². The van der Waals surface area contributed by atoms with Crippen molar-refractivity contribution in [1.29, 1.82) is 0 Å². The Balaban J connectivity index is 2.61. The number of nitrogens with one attached hydrogen (secondary N) is 2. The normalized spacial score (nSPS) is 12.0. The number of aryl methyl sites for hydroxylation is 1. The van der Waals surface area contributed by atoms with Gasteiger partial charge in [-0.1, -0.05) is 57.7 Å². The molecule has 0 saturated carbocycles. The highest BCUT2D eigenvalue weighted by atomic mass is 14.9. The first kappa shape index (κ1) is 19.8. The zero-order chi connectivity index (χ0) is 17.9. The van der Waals surface area contributed by atoms with Gasteiger partial charge in [0.25, 0.3) is 0 Å². The van der Waals surface area contributed by atoms with Crippen molar-refractivity contribution >= 4 is 0 Å². The van der Waals surface area contributed by atoms with Crippen molar-refractivity contribution in [2.45, 2.75) is 46.7 Å². The van der Waals surface area contributed by atoms with Crippen LogP contribution in [-0.2, 0) is 13.1 Å². The van der Waals surface area contributed by atoms with Crippen LogP contribution in [0.3, 0.4) is 0 Å². The van der Waals surface area contributed by atoms with Gasteiger partial charge in [0.15, 0.2) is 0 Å². The number of hydrogen-bond acceptors (Lipinski definition) is 3. The molecular weight excluding hydrogens is 294 g/mol. The number of aromatic nitrogens is 1. The lowest BCUT2D eigenvalue weighted by molar-refractivity contribution is 0.614. The summed E-state index contributed by atoms with van der Waals surface area (Å²) >= 11 is 0. The molecule has 24 heavy (non-hydrogen) atoms. The van der Waals surface area contributed by atoms with Crippen LogP contribution in [0.15, 0.2) is 61.6 Å². The molecule has 0 aliphatic carbocycles. The fourth-order valence-electron chi connectivity index (χ4n) is 2.40. The second kappa shape index (κ2) is 10.5. The Kier molecular flexibility index (Phi) is 8.63. The summed E-state index contributed by atoms with van der Waals surface area (Å²) in [6.07, 6.45) is 9.97. The van der Waals surface area contributed by atoms with Crippen LogP contribution >= 0.6 is 0 Å². The Bertz CT molecular complexity index is 599. The summed E-state index contributed by atoms with van der Waals surface area (Å²) in [6, 6.07) is 2.15. The van der Waals surface area contributed by atoms with Gasteiger partial charge in [-0.05, 0) is 42.7 Å². The molecule has 1 rings (SSSR count). The topological polar surface area (TPSA) is 37.0 Å². The number of allylic oxidation sites excluding steroid dienone is 3. The Morgan fingerprint density at radius 3 is 2.71 bits per heavy atom. The minimum atomic E-state index is 0.509. The molecule has 0 bridgehead atoms. The summed E-state index contributed by atoms with van der Waals surface area (Å²) in [5.41, 5.74) is 5.34. The molecule has 2 N–H and O–H groups in total. The zero-order valence-electron chi connectivity index (χ0n) is 15.4. The number of pyridine rings is 1. The molecule has 1 unspecified atom stereocenters. The van der Waals surface area contributed by atoms with Gasteiger partial charge in [0, 0.05) is 18.4 Å². The molecule has 3 nitrogen and oxygen atoms in total. The lowest BCUT2D eigenvalue weighted by Gasteiger charge is -2.12. The van der Waals surface area contributed by atoms with E-state index in [0.29, 0.717) is 12.5 Å². The summed E-state index contributed by atoms with van der Waals surface area (Å²) in [4.78, 5) is 4.53. The predicted octanol–water partition coefficient (Wildman–Crippen LogP) is 4.78. The van der Waals surface area contributed by atoms with Crippen LogP contribution in [0.2, 0.25) is 0 Å². The van der Waals surface area contributed by atoms with E-state index in [9.17, 15) is 0 Å². The molecule has 0 aliphatic rings. The van der Waals surface area contributed by atoms with E-state index in [2.05, 4.69) is 61.3 Å². The second-order valence-electron chi connectivity index (χ2n) is 6.18. The van der Waals surface area contributed by atoms with E-state index < -0.39 is 0 Å². The van der Waals surface area contributed by atoms with Gasteiger partial charge in [-0.15, -0.1) is 0 Å².